The molecule has 0 N–H and O–H groups in total. The fourth-order valence-electron chi connectivity index (χ4n) is 2.11. The van der Waals surface area contributed by atoms with Crippen LogP contribution in [0.1, 0.15) is 40.5 Å². The Labute approximate surface area is 92.6 Å². The summed E-state index contributed by atoms with van der Waals surface area (Å²) in [4.78, 5) is 0. The van der Waals surface area contributed by atoms with Crippen LogP contribution in [0.3, 0.4) is 0 Å². The Morgan fingerprint density at radius 2 is 1.73 bits per heavy atom. The van der Waals surface area contributed by atoms with Crippen LogP contribution in [0.5, 0.6) is 0 Å². The van der Waals surface area contributed by atoms with Gasteiger partial charge >= 0.3 is 7.12 Å². The molecule has 2 saturated heterocycles. The van der Waals surface area contributed by atoms with Gasteiger partial charge in [0.15, 0.2) is 0 Å². The highest BCUT2D eigenvalue weighted by molar-refractivity contribution is 6.45. The molecule has 0 aromatic heterocycles. The van der Waals surface area contributed by atoms with Crippen molar-refractivity contribution in [3.8, 4) is 0 Å². The van der Waals surface area contributed by atoms with Crippen molar-refractivity contribution in [1.29, 1.82) is 0 Å². The van der Waals surface area contributed by atoms with E-state index < -0.39 is 0 Å². The summed E-state index contributed by atoms with van der Waals surface area (Å²) >= 11 is 0. The van der Waals surface area contributed by atoms with Crippen LogP contribution in [0, 0.1) is 0 Å². The molecule has 0 spiro atoms. The Morgan fingerprint density at radius 1 is 1.13 bits per heavy atom. The zero-order chi connectivity index (χ0) is 11.1. The Balaban J connectivity index is 1.91. The van der Waals surface area contributed by atoms with Crippen molar-refractivity contribution < 1.29 is 14.0 Å². The number of rotatable bonds is 2. The van der Waals surface area contributed by atoms with Gasteiger partial charge in [0.05, 0.1) is 17.3 Å². The predicted molar refractivity (Wildman–Crippen MR) is 59.9 cm³/mol. The molecule has 0 aromatic carbocycles. The van der Waals surface area contributed by atoms with E-state index in [1.807, 2.05) is 0 Å². The summed E-state index contributed by atoms with van der Waals surface area (Å²) in [6.07, 6.45) is 3.51. The van der Waals surface area contributed by atoms with Crippen LogP contribution in [0.15, 0.2) is 0 Å². The van der Waals surface area contributed by atoms with Gasteiger partial charge < -0.3 is 14.0 Å². The molecule has 2 heterocycles. The lowest BCUT2D eigenvalue weighted by atomic mass is 9.81. The third kappa shape index (κ3) is 2.22. The normalized spacial score (nSPS) is 33.6. The van der Waals surface area contributed by atoms with Gasteiger partial charge in [0, 0.05) is 12.9 Å². The first-order chi connectivity index (χ1) is 6.91. The molecule has 4 heteroatoms. The molecule has 2 aliphatic heterocycles. The lowest BCUT2D eigenvalue weighted by Gasteiger charge is -2.32. The SMILES string of the molecule is CC1(C)OB(CC2CCCO2)OC1(C)C. The first-order valence-corrected chi connectivity index (χ1v) is 5.88. The van der Waals surface area contributed by atoms with Gasteiger partial charge in [0.2, 0.25) is 0 Å². The third-order valence-electron chi connectivity index (χ3n) is 3.78. The van der Waals surface area contributed by atoms with E-state index in [1.165, 1.54) is 6.42 Å². The summed E-state index contributed by atoms with van der Waals surface area (Å²) in [5, 5.41) is 0. The fourth-order valence-corrected chi connectivity index (χ4v) is 2.11. The van der Waals surface area contributed by atoms with Crippen molar-refractivity contribution in [2.45, 2.75) is 64.2 Å². The number of hydrogen-bond donors (Lipinski definition) is 0. The van der Waals surface area contributed by atoms with Gasteiger partial charge in [-0.25, -0.2) is 0 Å². The highest BCUT2D eigenvalue weighted by Gasteiger charge is 2.51. The Hall–Kier alpha value is -0.0551. The van der Waals surface area contributed by atoms with Crippen molar-refractivity contribution in [3.05, 3.63) is 0 Å². The molecule has 0 saturated carbocycles. The van der Waals surface area contributed by atoms with Crippen molar-refractivity contribution in [2.24, 2.45) is 0 Å². The number of ether oxygens (including phenoxy) is 1. The molecule has 0 amide bonds. The van der Waals surface area contributed by atoms with E-state index in [9.17, 15) is 0 Å². The third-order valence-corrected chi connectivity index (χ3v) is 3.78. The van der Waals surface area contributed by atoms with E-state index >= 15 is 0 Å². The van der Waals surface area contributed by atoms with Crippen LogP contribution >= 0.6 is 0 Å². The Kier molecular flexibility index (Phi) is 2.86. The van der Waals surface area contributed by atoms with E-state index in [-0.39, 0.29) is 18.3 Å². The van der Waals surface area contributed by atoms with Crippen LogP contribution in [-0.4, -0.2) is 31.0 Å². The van der Waals surface area contributed by atoms with Gasteiger partial charge in [-0.3, -0.25) is 0 Å². The quantitative estimate of drug-likeness (QED) is 0.657. The van der Waals surface area contributed by atoms with Gasteiger partial charge in [0.1, 0.15) is 0 Å². The smallest absolute Gasteiger partial charge is 0.403 e. The molecule has 2 rings (SSSR count). The monoisotopic (exact) mass is 212 g/mol. The average Bonchev–Trinajstić information content (AvgIpc) is 2.59. The van der Waals surface area contributed by atoms with Gasteiger partial charge in [-0.1, -0.05) is 0 Å². The minimum absolute atomic E-state index is 0.0990. The maximum Gasteiger partial charge on any atom is 0.460 e. The fraction of sp³-hybridized carbons (Fsp3) is 1.00. The summed E-state index contributed by atoms with van der Waals surface area (Å²) < 4.78 is 17.4. The largest absolute Gasteiger partial charge is 0.460 e. The lowest BCUT2D eigenvalue weighted by molar-refractivity contribution is 0.00578. The topological polar surface area (TPSA) is 27.7 Å². The van der Waals surface area contributed by atoms with Crippen molar-refractivity contribution >= 4 is 7.12 Å². The molecule has 2 aliphatic rings. The van der Waals surface area contributed by atoms with Crippen molar-refractivity contribution in [3.63, 3.8) is 0 Å². The van der Waals surface area contributed by atoms with Crippen molar-refractivity contribution in [2.75, 3.05) is 6.61 Å². The van der Waals surface area contributed by atoms with Gasteiger partial charge in [-0.15, -0.1) is 0 Å². The standard InChI is InChI=1S/C11H21BO3/c1-10(2)11(3,4)15-12(14-10)8-9-6-5-7-13-9/h9H,5-8H2,1-4H3. The van der Waals surface area contributed by atoms with Crippen LogP contribution in [0.2, 0.25) is 6.32 Å². The zero-order valence-electron chi connectivity index (χ0n) is 10.2. The van der Waals surface area contributed by atoms with E-state index in [0.717, 1.165) is 19.3 Å². The molecule has 0 aromatic rings. The second kappa shape index (κ2) is 3.76. The molecule has 15 heavy (non-hydrogen) atoms. The summed E-state index contributed by atoms with van der Waals surface area (Å²) in [6.45, 7) is 9.24. The molecular formula is C11H21BO3. The first kappa shape index (κ1) is 11.4. The maximum atomic E-state index is 5.92. The number of hydrogen-bond acceptors (Lipinski definition) is 3. The molecule has 86 valence electrons. The second-order valence-electron chi connectivity index (χ2n) is 5.56. The van der Waals surface area contributed by atoms with Crippen LogP contribution in [0.4, 0.5) is 0 Å². The van der Waals surface area contributed by atoms with E-state index in [4.69, 9.17) is 14.0 Å². The maximum absolute atomic E-state index is 5.92. The molecule has 0 radical (unpaired) electrons. The predicted octanol–water partition coefficient (Wildman–Crippen LogP) is 2.26. The molecule has 0 bridgehead atoms. The van der Waals surface area contributed by atoms with E-state index in [1.54, 1.807) is 0 Å². The zero-order valence-corrected chi connectivity index (χ0v) is 10.2. The lowest BCUT2D eigenvalue weighted by Crippen LogP contribution is -2.41. The molecule has 1 atom stereocenters. The highest BCUT2D eigenvalue weighted by Crippen LogP contribution is 2.38. The Morgan fingerprint density at radius 3 is 2.20 bits per heavy atom. The summed E-state index contributed by atoms with van der Waals surface area (Å²) in [6, 6.07) is 0. The summed E-state index contributed by atoms with van der Waals surface area (Å²) in [7, 11) is -0.0990. The first-order valence-electron chi connectivity index (χ1n) is 5.88. The molecule has 0 aliphatic carbocycles. The van der Waals surface area contributed by atoms with Gasteiger partial charge in [0.25, 0.3) is 0 Å². The van der Waals surface area contributed by atoms with Crippen LogP contribution < -0.4 is 0 Å². The summed E-state index contributed by atoms with van der Waals surface area (Å²) in [5.74, 6) is 0. The van der Waals surface area contributed by atoms with Crippen LogP contribution in [-0.2, 0) is 14.0 Å². The van der Waals surface area contributed by atoms with E-state index in [0.29, 0.717) is 6.10 Å². The van der Waals surface area contributed by atoms with E-state index in [2.05, 4.69) is 27.7 Å². The molecule has 3 nitrogen and oxygen atoms in total. The molecular weight excluding hydrogens is 191 g/mol. The second-order valence-corrected chi connectivity index (χ2v) is 5.56. The summed E-state index contributed by atoms with van der Waals surface area (Å²) in [5.41, 5.74) is -0.424. The molecule has 2 fully saturated rings. The highest BCUT2D eigenvalue weighted by atomic mass is 16.7. The van der Waals surface area contributed by atoms with Crippen molar-refractivity contribution in [1.82, 2.24) is 0 Å². The minimum atomic E-state index is -0.212. The minimum Gasteiger partial charge on any atom is -0.403 e. The Bertz CT molecular complexity index is 218. The van der Waals surface area contributed by atoms with Gasteiger partial charge in [-0.05, 0) is 40.5 Å². The van der Waals surface area contributed by atoms with Crippen LogP contribution in [0.25, 0.3) is 0 Å². The molecule has 1 unspecified atom stereocenters. The average molecular weight is 212 g/mol. The van der Waals surface area contributed by atoms with Gasteiger partial charge in [-0.2, -0.15) is 0 Å².